The van der Waals surface area contributed by atoms with Crippen molar-refractivity contribution < 1.29 is 21.4 Å². The van der Waals surface area contributed by atoms with Gasteiger partial charge in [0.2, 0.25) is 0 Å². The van der Waals surface area contributed by atoms with Crippen LogP contribution in [0.4, 0.5) is 0 Å². The smallest absolute Gasteiger partial charge is 1.00 e. The Morgan fingerprint density at radius 3 is 1.79 bits per heavy atom. The third kappa shape index (κ3) is 11.4. The van der Waals surface area contributed by atoms with E-state index in [4.69, 9.17) is 13.9 Å². The number of unbranched alkanes of at least 4 members (excludes halogenated alkanes) is 2. The predicted molar refractivity (Wildman–Crippen MR) is 59.5 cm³/mol. The van der Waals surface area contributed by atoms with E-state index in [2.05, 4.69) is 0 Å². The molecule has 6 heteroatoms. The maximum atomic E-state index is 11.1. The van der Waals surface area contributed by atoms with Crippen LogP contribution < -0.4 is 0 Å². The SMILES string of the molecule is CCCCOP(=O)(O)OCCCC.[Ca+2].[H-].[H-]. The average molecular weight is 252 g/mol. The third-order valence-corrected chi connectivity index (χ3v) is 2.52. The topological polar surface area (TPSA) is 55.8 Å². The van der Waals surface area contributed by atoms with Crippen LogP contribution in [0.15, 0.2) is 0 Å². The van der Waals surface area contributed by atoms with Gasteiger partial charge in [-0.15, -0.1) is 0 Å². The number of hydrogen-bond donors (Lipinski definition) is 1. The Morgan fingerprint density at radius 2 is 1.50 bits per heavy atom. The molecule has 1 N–H and O–H groups in total. The van der Waals surface area contributed by atoms with Crippen LogP contribution in [0.1, 0.15) is 42.4 Å². The number of rotatable bonds is 8. The van der Waals surface area contributed by atoms with Crippen LogP contribution in [0.5, 0.6) is 0 Å². The van der Waals surface area contributed by atoms with Crippen LogP contribution >= 0.6 is 7.82 Å². The largest absolute Gasteiger partial charge is 2.00 e. The summed E-state index contributed by atoms with van der Waals surface area (Å²) in [5.41, 5.74) is 0. The van der Waals surface area contributed by atoms with Crippen molar-refractivity contribution in [2.45, 2.75) is 39.5 Å². The van der Waals surface area contributed by atoms with Crippen molar-refractivity contribution >= 4 is 45.6 Å². The minimum atomic E-state index is -3.75. The van der Waals surface area contributed by atoms with Gasteiger partial charge in [0.25, 0.3) is 0 Å². The van der Waals surface area contributed by atoms with Crippen LogP contribution in [0.3, 0.4) is 0 Å². The molecule has 4 nitrogen and oxygen atoms in total. The normalized spacial score (nSPS) is 11.1. The molecule has 0 aromatic rings. The number of phosphoric acid groups is 1. The van der Waals surface area contributed by atoms with Crippen LogP contribution in [-0.4, -0.2) is 55.8 Å². The van der Waals surface area contributed by atoms with Gasteiger partial charge in [0.05, 0.1) is 13.2 Å². The second-order valence-electron chi connectivity index (χ2n) is 2.84. The molecule has 0 heterocycles. The van der Waals surface area contributed by atoms with Gasteiger partial charge in [-0.25, -0.2) is 4.57 Å². The molecule has 0 saturated carbocycles. The van der Waals surface area contributed by atoms with Gasteiger partial charge in [0.1, 0.15) is 0 Å². The summed E-state index contributed by atoms with van der Waals surface area (Å²) in [5.74, 6) is 0. The van der Waals surface area contributed by atoms with Crippen molar-refractivity contribution in [2.75, 3.05) is 13.2 Å². The fraction of sp³-hybridized carbons (Fsp3) is 1.00. The zero-order valence-corrected chi connectivity index (χ0v) is 12.2. The molecule has 0 radical (unpaired) electrons. The molecule has 0 rings (SSSR count). The first-order valence-electron chi connectivity index (χ1n) is 4.74. The summed E-state index contributed by atoms with van der Waals surface area (Å²) < 4.78 is 20.5. The molecule has 0 aliphatic rings. The molecule has 0 aliphatic heterocycles. The number of hydrogen-bond acceptors (Lipinski definition) is 3. The quantitative estimate of drug-likeness (QED) is 0.410. The molecular weight excluding hydrogens is 231 g/mol. The van der Waals surface area contributed by atoms with E-state index in [0.29, 0.717) is 0 Å². The summed E-state index contributed by atoms with van der Waals surface area (Å²) in [7, 11) is -3.75. The fourth-order valence-electron chi connectivity index (χ4n) is 0.686. The fourth-order valence-corrected chi connectivity index (χ4v) is 1.48. The second-order valence-corrected chi connectivity index (χ2v) is 4.30. The monoisotopic (exact) mass is 252 g/mol. The molecule has 84 valence electrons. The molecule has 0 aromatic heterocycles. The van der Waals surface area contributed by atoms with E-state index in [0.717, 1.165) is 25.7 Å². The van der Waals surface area contributed by atoms with E-state index in [1.807, 2.05) is 13.8 Å². The molecule has 0 fully saturated rings. The first-order chi connectivity index (χ1) is 6.12. The van der Waals surface area contributed by atoms with Crippen molar-refractivity contribution in [3.8, 4) is 0 Å². The Bertz CT molecular complexity index is 160. The predicted octanol–water partition coefficient (Wildman–Crippen LogP) is 2.56. The van der Waals surface area contributed by atoms with Gasteiger partial charge in [0.15, 0.2) is 0 Å². The van der Waals surface area contributed by atoms with Crippen molar-refractivity contribution in [3.05, 3.63) is 0 Å². The molecule has 0 amide bonds. The summed E-state index contributed by atoms with van der Waals surface area (Å²) in [5, 5.41) is 0. The zero-order valence-electron chi connectivity index (χ0n) is 11.1. The summed E-state index contributed by atoms with van der Waals surface area (Å²) in [6, 6.07) is 0. The first kappa shape index (κ1) is 17.8. The molecule has 0 aliphatic carbocycles. The van der Waals surface area contributed by atoms with Crippen LogP contribution in [-0.2, 0) is 13.6 Å². The van der Waals surface area contributed by atoms with Gasteiger partial charge in [-0.1, -0.05) is 26.7 Å². The van der Waals surface area contributed by atoms with Gasteiger partial charge in [-0.3, -0.25) is 9.05 Å². The van der Waals surface area contributed by atoms with Gasteiger partial charge in [0, 0.05) is 0 Å². The summed E-state index contributed by atoms with van der Waals surface area (Å²) in [4.78, 5) is 9.08. The average Bonchev–Trinajstić information content (AvgIpc) is 2.05. The van der Waals surface area contributed by atoms with Gasteiger partial charge in [-0.05, 0) is 12.8 Å². The van der Waals surface area contributed by atoms with Crippen molar-refractivity contribution in [2.24, 2.45) is 0 Å². The Kier molecular flexibility index (Phi) is 13.8. The van der Waals surface area contributed by atoms with Gasteiger partial charge in [-0.2, -0.15) is 0 Å². The minimum absolute atomic E-state index is 0. The molecule has 0 saturated heterocycles. The van der Waals surface area contributed by atoms with E-state index in [-0.39, 0.29) is 53.8 Å². The van der Waals surface area contributed by atoms with Crippen molar-refractivity contribution in [3.63, 3.8) is 0 Å². The van der Waals surface area contributed by atoms with Gasteiger partial charge < -0.3 is 7.75 Å². The summed E-state index contributed by atoms with van der Waals surface area (Å²) >= 11 is 0. The molecule has 0 bridgehead atoms. The summed E-state index contributed by atoms with van der Waals surface area (Å²) in [6.45, 7) is 4.56. The molecule has 0 aromatic carbocycles. The van der Waals surface area contributed by atoms with Crippen LogP contribution in [0, 0.1) is 0 Å². The molecular formula is C8H21CaO4P. The Balaban J connectivity index is -0.000000240. The first-order valence-corrected chi connectivity index (χ1v) is 6.23. The maximum absolute atomic E-state index is 11.1. The van der Waals surface area contributed by atoms with E-state index in [1.54, 1.807) is 0 Å². The minimum Gasteiger partial charge on any atom is -1.00 e. The Labute approximate surface area is 119 Å². The van der Waals surface area contributed by atoms with E-state index >= 15 is 0 Å². The van der Waals surface area contributed by atoms with Crippen molar-refractivity contribution in [1.82, 2.24) is 0 Å². The Hall–Kier alpha value is 1.37. The van der Waals surface area contributed by atoms with Crippen molar-refractivity contribution in [1.29, 1.82) is 0 Å². The van der Waals surface area contributed by atoms with E-state index < -0.39 is 7.82 Å². The second kappa shape index (κ2) is 10.9. The molecule has 0 atom stereocenters. The number of phosphoric ester groups is 1. The molecule has 14 heavy (non-hydrogen) atoms. The van der Waals surface area contributed by atoms with Crippen LogP contribution in [0.25, 0.3) is 0 Å². The van der Waals surface area contributed by atoms with E-state index in [9.17, 15) is 4.57 Å². The maximum Gasteiger partial charge on any atom is 2.00 e. The molecule has 0 unspecified atom stereocenters. The van der Waals surface area contributed by atoms with E-state index in [1.165, 1.54) is 0 Å². The van der Waals surface area contributed by atoms with Gasteiger partial charge >= 0.3 is 45.6 Å². The standard InChI is InChI=1S/C8H19O4P.Ca.2H/c1-3-5-7-11-13(9,10)12-8-6-4-2;;;/h3-8H2,1-2H3,(H,9,10);;;/q;+2;2*-1. The molecule has 0 spiro atoms. The Morgan fingerprint density at radius 1 is 1.14 bits per heavy atom. The van der Waals surface area contributed by atoms with Crippen LogP contribution in [0.2, 0.25) is 0 Å². The zero-order chi connectivity index (χ0) is 10.2. The third-order valence-electron chi connectivity index (χ3n) is 1.50. The summed E-state index contributed by atoms with van der Waals surface area (Å²) in [6.07, 6.45) is 3.44.